The van der Waals surface area contributed by atoms with Crippen LogP contribution >= 0.6 is 0 Å². The molecule has 0 saturated heterocycles. The lowest BCUT2D eigenvalue weighted by atomic mass is 9.84. The molecule has 0 atom stereocenters. The second kappa shape index (κ2) is 7.44. The summed E-state index contributed by atoms with van der Waals surface area (Å²) in [6.07, 6.45) is 7.78. The van der Waals surface area contributed by atoms with E-state index in [1.807, 2.05) is 12.1 Å². The zero-order chi connectivity index (χ0) is 13.5. The maximum Gasteiger partial charge on any atom is 0.176 e. The fraction of sp³-hybridized carbons (Fsp3) is 0.588. The largest absolute Gasteiger partial charge is 0.310 e. The Balaban J connectivity index is 1.91. The van der Waals surface area contributed by atoms with Gasteiger partial charge in [-0.2, -0.15) is 0 Å². The zero-order valence-corrected chi connectivity index (χ0v) is 12.0. The first-order valence-electron chi connectivity index (χ1n) is 7.65. The van der Waals surface area contributed by atoms with Crippen LogP contribution in [0, 0.1) is 0 Å². The van der Waals surface area contributed by atoms with Crippen LogP contribution in [0.4, 0.5) is 0 Å². The fourth-order valence-electron chi connectivity index (χ4n) is 2.86. The van der Waals surface area contributed by atoms with E-state index in [-0.39, 0.29) is 5.78 Å². The summed E-state index contributed by atoms with van der Waals surface area (Å²) in [5, 5.41) is 3.16. The van der Waals surface area contributed by atoms with Gasteiger partial charge in [-0.3, -0.25) is 4.79 Å². The summed E-state index contributed by atoms with van der Waals surface area (Å²) in [6, 6.07) is 8.31. The van der Waals surface area contributed by atoms with Gasteiger partial charge in [-0.05, 0) is 37.3 Å². The van der Waals surface area contributed by atoms with Crippen LogP contribution in [0.15, 0.2) is 24.3 Å². The van der Waals surface area contributed by atoms with Crippen molar-refractivity contribution in [2.75, 3.05) is 13.1 Å². The lowest BCUT2D eigenvalue weighted by Crippen LogP contribution is -2.23. The van der Waals surface area contributed by atoms with Gasteiger partial charge in [0.05, 0.1) is 6.54 Å². The van der Waals surface area contributed by atoms with Crippen molar-refractivity contribution in [1.82, 2.24) is 5.32 Å². The van der Waals surface area contributed by atoms with Crippen molar-refractivity contribution in [2.45, 2.75) is 51.4 Å². The molecular formula is C17H25NO. The van der Waals surface area contributed by atoms with E-state index in [1.165, 1.54) is 37.7 Å². The lowest BCUT2D eigenvalue weighted by molar-refractivity contribution is 0.0991. The van der Waals surface area contributed by atoms with Crippen molar-refractivity contribution < 1.29 is 4.79 Å². The van der Waals surface area contributed by atoms with E-state index in [4.69, 9.17) is 0 Å². The summed E-state index contributed by atoms with van der Waals surface area (Å²) in [5.41, 5.74) is 2.25. The summed E-state index contributed by atoms with van der Waals surface area (Å²) in [4.78, 5) is 11.9. The molecule has 0 spiro atoms. The number of rotatable bonds is 6. The number of carbonyl (C=O) groups excluding carboxylic acids is 1. The SMILES string of the molecule is CCCNCC(=O)c1ccc(C2CCCCC2)cc1. The van der Waals surface area contributed by atoms with Gasteiger partial charge in [-0.15, -0.1) is 0 Å². The van der Waals surface area contributed by atoms with Crippen LogP contribution in [0.25, 0.3) is 0 Å². The Kier molecular flexibility index (Phi) is 5.59. The van der Waals surface area contributed by atoms with Crippen molar-refractivity contribution in [1.29, 1.82) is 0 Å². The first-order chi connectivity index (χ1) is 9.31. The van der Waals surface area contributed by atoms with Gasteiger partial charge < -0.3 is 5.32 Å². The molecule has 0 radical (unpaired) electrons. The third-order valence-electron chi connectivity index (χ3n) is 4.02. The average Bonchev–Trinajstić information content (AvgIpc) is 2.48. The maximum atomic E-state index is 11.9. The van der Waals surface area contributed by atoms with Gasteiger partial charge in [-0.25, -0.2) is 0 Å². The van der Waals surface area contributed by atoms with E-state index in [0.717, 1.165) is 24.4 Å². The van der Waals surface area contributed by atoms with Gasteiger partial charge in [0.15, 0.2) is 5.78 Å². The summed E-state index contributed by atoms with van der Waals surface area (Å²) in [6.45, 7) is 3.47. The van der Waals surface area contributed by atoms with E-state index in [2.05, 4.69) is 24.4 Å². The molecule has 1 aliphatic rings. The number of hydrogen-bond donors (Lipinski definition) is 1. The molecule has 0 aromatic heterocycles. The molecule has 2 heteroatoms. The van der Waals surface area contributed by atoms with Crippen molar-refractivity contribution in [3.8, 4) is 0 Å². The molecule has 104 valence electrons. The Labute approximate surface area is 116 Å². The van der Waals surface area contributed by atoms with Gasteiger partial charge in [0, 0.05) is 5.56 Å². The molecule has 0 amide bonds. The first kappa shape index (κ1) is 14.3. The van der Waals surface area contributed by atoms with E-state index in [9.17, 15) is 4.79 Å². The Morgan fingerprint density at radius 1 is 1.16 bits per heavy atom. The highest BCUT2D eigenvalue weighted by Crippen LogP contribution is 2.32. The molecule has 1 aliphatic carbocycles. The number of nitrogens with one attached hydrogen (secondary N) is 1. The van der Waals surface area contributed by atoms with Crippen molar-refractivity contribution >= 4 is 5.78 Å². The summed E-state index contributed by atoms with van der Waals surface area (Å²) in [7, 11) is 0. The van der Waals surface area contributed by atoms with Crippen LogP contribution < -0.4 is 5.32 Å². The predicted octanol–water partition coefficient (Wildman–Crippen LogP) is 3.92. The molecule has 1 fully saturated rings. The van der Waals surface area contributed by atoms with Crippen LogP contribution in [-0.2, 0) is 0 Å². The second-order valence-corrected chi connectivity index (χ2v) is 5.56. The summed E-state index contributed by atoms with van der Waals surface area (Å²) >= 11 is 0. The topological polar surface area (TPSA) is 29.1 Å². The van der Waals surface area contributed by atoms with E-state index >= 15 is 0 Å². The molecule has 0 bridgehead atoms. The predicted molar refractivity (Wildman–Crippen MR) is 79.8 cm³/mol. The Morgan fingerprint density at radius 2 is 1.84 bits per heavy atom. The molecule has 0 unspecified atom stereocenters. The highest BCUT2D eigenvalue weighted by Gasteiger charge is 2.15. The molecular weight excluding hydrogens is 234 g/mol. The number of Topliss-reactive ketones (excluding diaryl/α,β-unsaturated/α-hetero) is 1. The zero-order valence-electron chi connectivity index (χ0n) is 12.0. The molecule has 2 rings (SSSR count). The van der Waals surface area contributed by atoms with Crippen molar-refractivity contribution in [2.24, 2.45) is 0 Å². The van der Waals surface area contributed by atoms with Crippen molar-refractivity contribution in [3.63, 3.8) is 0 Å². The van der Waals surface area contributed by atoms with E-state index < -0.39 is 0 Å². The minimum atomic E-state index is 0.198. The minimum absolute atomic E-state index is 0.198. The molecule has 1 aromatic carbocycles. The quantitative estimate of drug-likeness (QED) is 0.620. The summed E-state index contributed by atoms with van der Waals surface area (Å²) < 4.78 is 0. The number of ketones is 1. The van der Waals surface area contributed by atoms with Crippen LogP contribution in [0.3, 0.4) is 0 Å². The van der Waals surface area contributed by atoms with Gasteiger partial charge in [0.2, 0.25) is 0 Å². The first-order valence-corrected chi connectivity index (χ1v) is 7.65. The normalized spacial score (nSPS) is 16.5. The molecule has 0 heterocycles. The molecule has 1 saturated carbocycles. The Morgan fingerprint density at radius 3 is 2.47 bits per heavy atom. The highest BCUT2D eigenvalue weighted by molar-refractivity contribution is 5.97. The van der Waals surface area contributed by atoms with Crippen LogP contribution in [0.5, 0.6) is 0 Å². The van der Waals surface area contributed by atoms with E-state index in [0.29, 0.717) is 6.54 Å². The van der Waals surface area contributed by atoms with Gasteiger partial charge in [0.1, 0.15) is 0 Å². The van der Waals surface area contributed by atoms with Crippen LogP contribution in [0.1, 0.15) is 67.3 Å². The molecule has 1 aromatic rings. The Hall–Kier alpha value is -1.15. The van der Waals surface area contributed by atoms with Gasteiger partial charge >= 0.3 is 0 Å². The second-order valence-electron chi connectivity index (χ2n) is 5.56. The third kappa shape index (κ3) is 4.17. The van der Waals surface area contributed by atoms with E-state index in [1.54, 1.807) is 0 Å². The number of carbonyl (C=O) groups is 1. The average molecular weight is 259 g/mol. The molecule has 0 aliphatic heterocycles. The van der Waals surface area contributed by atoms with Crippen LogP contribution in [-0.4, -0.2) is 18.9 Å². The third-order valence-corrected chi connectivity index (χ3v) is 4.02. The van der Waals surface area contributed by atoms with Gasteiger partial charge in [0.25, 0.3) is 0 Å². The highest BCUT2D eigenvalue weighted by atomic mass is 16.1. The van der Waals surface area contributed by atoms with Gasteiger partial charge in [-0.1, -0.05) is 50.5 Å². The Bertz CT molecular complexity index is 390. The smallest absolute Gasteiger partial charge is 0.176 e. The standard InChI is InChI=1S/C17H25NO/c1-2-12-18-13-17(19)16-10-8-15(9-11-16)14-6-4-3-5-7-14/h8-11,14,18H,2-7,12-13H2,1H3. The molecule has 2 nitrogen and oxygen atoms in total. The van der Waals surface area contributed by atoms with Crippen LogP contribution in [0.2, 0.25) is 0 Å². The summed E-state index contributed by atoms with van der Waals surface area (Å²) in [5.74, 6) is 0.916. The lowest BCUT2D eigenvalue weighted by Gasteiger charge is -2.22. The molecule has 1 N–H and O–H groups in total. The monoisotopic (exact) mass is 259 g/mol. The number of benzene rings is 1. The molecule has 19 heavy (non-hydrogen) atoms. The fourth-order valence-corrected chi connectivity index (χ4v) is 2.86. The van der Waals surface area contributed by atoms with Crippen molar-refractivity contribution in [3.05, 3.63) is 35.4 Å². The number of hydrogen-bond acceptors (Lipinski definition) is 2. The minimum Gasteiger partial charge on any atom is -0.310 e. The maximum absolute atomic E-state index is 11.9.